The van der Waals surface area contributed by atoms with Gasteiger partial charge in [0.15, 0.2) is 6.61 Å². The minimum Gasteiger partial charge on any atom is -0.494 e. The predicted octanol–water partition coefficient (Wildman–Crippen LogP) is 5.20. The first-order valence-electron chi connectivity index (χ1n) is 14.0. The Kier molecular flexibility index (Phi) is 9.41. The monoisotopic (exact) mass is 585 g/mol. The second-order valence-electron chi connectivity index (χ2n) is 9.96. The van der Waals surface area contributed by atoms with Crippen molar-refractivity contribution in [3.63, 3.8) is 0 Å². The van der Waals surface area contributed by atoms with E-state index in [4.69, 9.17) is 9.47 Å². The Morgan fingerprint density at radius 2 is 1.26 bits per heavy atom. The summed E-state index contributed by atoms with van der Waals surface area (Å²) < 4.78 is 39.3. The maximum atomic E-state index is 12.9. The molecule has 1 amide bonds. The molecule has 1 saturated heterocycles. The van der Waals surface area contributed by atoms with E-state index in [1.807, 2.05) is 24.0 Å². The molecule has 4 aromatic rings. The Bertz CT molecular complexity index is 1500. The Morgan fingerprint density at radius 3 is 1.81 bits per heavy atom. The van der Waals surface area contributed by atoms with Crippen LogP contribution < -0.4 is 14.2 Å². The van der Waals surface area contributed by atoms with Crippen LogP contribution in [0.2, 0.25) is 0 Å². The first-order chi connectivity index (χ1) is 20.4. The Morgan fingerprint density at radius 1 is 0.738 bits per heavy atom. The average molecular weight is 586 g/mol. The average Bonchev–Trinajstić information content (AvgIpc) is 3.02. The molecule has 0 atom stereocenters. The highest BCUT2D eigenvalue weighted by atomic mass is 32.2. The van der Waals surface area contributed by atoms with Gasteiger partial charge in [-0.05, 0) is 66.6 Å². The number of carbonyl (C=O) groups excluding carboxylic acids is 1. The lowest BCUT2D eigenvalue weighted by Gasteiger charge is -2.39. The smallest absolute Gasteiger partial charge is 0.261 e. The number of piperazine rings is 1. The number of hydrogen-bond donors (Lipinski definition) is 1. The fraction of sp³-hybridized carbons (Fsp3) is 0.242. The van der Waals surface area contributed by atoms with Gasteiger partial charge >= 0.3 is 0 Å². The molecule has 0 saturated carbocycles. The summed E-state index contributed by atoms with van der Waals surface area (Å²) >= 11 is 0. The van der Waals surface area contributed by atoms with Crippen LogP contribution in [-0.2, 0) is 14.8 Å². The number of carbonyl (C=O) groups is 1. The number of benzene rings is 4. The third-order valence-corrected chi connectivity index (χ3v) is 8.57. The van der Waals surface area contributed by atoms with Crippen molar-refractivity contribution in [3.8, 4) is 11.5 Å². The summed E-state index contributed by atoms with van der Waals surface area (Å²) in [5.74, 6) is 0.997. The third-order valence-electron chi connectivity index (χ3n) is 7.18. The molecule has 1 fully saturated rings. The van der Waals surface area contributed by atoms with Crippen molar-refractivity contribution in [1.82, 2.24) is 9.80 Å². The molecular weight excluding hydrogens is 550 g/mol. The van der Waals surface area contributed by atoms with E-state index in [0.717, 1.165) is 13.1 Å². The van der Waals surface area contributed by atoms with E-state index in [-0.39, 0.29) is 23.5 Å². The summed E-state index contributed by atoms with van der Waals surface area (Å²) in [6.07, 6.45) is 0. The molecule has 4 aromatic carbocycles. The van der Waals surface area contributed by atoms with Crippen molar-refractivity contribution >= 4 is 21.6 Å². The zero-order valence-electron chi connectivity index (χ0n) is 23.6. The first-order valence-corrected chi connectivity index (χ1v) is 15.5. The minimum absolute atomic E-state index is 0.0950. The molecule has 9 heteroatoms. The number of anilines is 1. The van der Waals surface area contributed by atoms with Gasteiger partial charge in [-0.1, -0.05) is 60.7 Å². The molecule has 218 valence electrons. The minimum atomic E-state index is -3.78. The summed E-state index contributed by atoms with van der Waals surface area (Å²) in [4.78, 5) is 17.3. The van der Waals surface area contributed by atoms with E-state index >= 15 is 0 Å². The highest BCUT2D eigenvalue weighted by Gasteiger charge is 2.28. The highest BCUT2D eigenvalue weighted by Crippen LogP contribution is 2.29. The van der Waals surface area contributed by atoms with Gasteiger partial charge in [0.25, 0.3) is 15.9 Å². The van der Waals surface area contributed by atoms with Gasteiger partial charge < -0.3 is 14.4 Å². The van der Waals surface area contributed by atoms with Crippen LogP contribution in [0.25, 0.3) is 0 Å². The van der Waals surface area contributed by atoms with E-state index in [1.54, 1.807) is 36.4 Å². The van der Waals surface area contributed by atoms with Crippen molar-refractivity contribution < 1.29 is 22.7 Å². The molecule has 42 heavy (non-hydrogen) atoms. The summed E-state index contributed by atoms with van der Waals surface area (Å²) in [5.41, 5.74) is 2.89. The lowest BCUT2D eigenvalue weighted by molar-refractivity contribution is -0.135. The highest BCUT2D eigenvalue weighted by molar-refractivity contribution is 7.92. The Labute approximate surface area is 247 Å². The molecule has 0 spiro atoms. The lowest BCUT2D eigenvalue weighted by Crippen LogP contribution is -2.51. The molecule has 1 heterocycles. The van der Waals surface area contributed by atoms with Gasteiger partial charge in [0.05, 0.1) is 17.5 Å². The number of rotatable bonds is 11. The van der Waals surface area contributed by atoms with E-state index in [0.29, 0.717) is 36.9 Å². The standard InChI is InChI=1S/C33H35N3O5S/c1-2-40-29-15-13-28(14-16-29)34-42(38,39)31-19-17-30(18-20-31)41-25-32(37)35-21-23-36(24-22-35)33(26-9-5-3-6-10-26)27-11-7-4-8-12-27/h3-20,33-34H,2,21-25H2,1H3. The van der Waals surface area contributed by atoms with E-state index in [1.165, 1.54) is 23.3 Å². The van der Waals surface area contributed by atoms with Crippen LogP contribution >= 0.6 is 0 Å². The summed E-state index contributed by atoms with van der Waals surface area (Å²) in [6, 6.07) is 33.7. The fourth-order valence-corrected chi connectivity index (χ4v) is 6.12. The molecule has 1 aliphatic heterocycles. The number of nitrogens with zero attached hydrogens (tertiary/aromatic N) is 2. The van der Waals surface area contributed by atoms with E-state index < -0.39 is 10.0 Å². The molecule has 5 rings (SSSR count). The quantitative estimate of drug-likeness (QED) is 0.260. The van der Waals surface area contributed by atoms with Crippen molar-refractivity contribution in [3.05, 3.63) is 120 Å². The van der Waals surface area contributed by atoms with E-state index in [2.05, 4.69) is 58.2 Å². The van der Waals surface area contributed by atoms with Gasteiger partial charge in [0.2, 0.25) is 0 Å². The summed E-state index contributed by atoms with van der Waals surface area (Å²) in [6.45, 7) is 5.00. The topological polar surface area (TPSA) is 88.2 Å². The summed E-state index contributed by atoms with van der Waals surface area (Å²) in [5, 5.41) is 0. The SMILES string of the molecule is CCOc1ccc(NS(=O)(=O)c2ccc(OCC(=O)N3CCN(C(c4ccccc4)c4ccccc4)CC3)cc2)cc1. The Hall–Kier alpha value is -4.34. The number of nitrogens with one attached hydrogen (secondary N) is 1. The van der Waals surface area contributed by atoms with Crippen molar-refractivity contribution in [2.75, 3.05) is 44.1 Å². The number of amides is 1. The largest absolute Gasteiger partial charge is 0.494 e. The molecule has 1 N–H and O–H groups in total. The number of sulfonamides is 1. The first kappa shape index (κ1) is 29.2. The van der Waals surface area contributed by atoms with Crippen LogP contribution in [0.1, 0.15) is 24.1 Å². The summed E-state index contributed by atoms with van der Waals surface area (Å²) in [7, 11) is -3.78. The van der Waals surface area contributed by atoms with Gasteiger partial charge in [-0.3, -0.25) is 14.4 Å². The molecule has 0 aromatic heterocycles. The van der Waals surface area contributed by atoms with Gasteiger partial charge in [-0.2, -0.15) is 0 Å². The lowest BCUT2D eigenvalue weighted by atomic mass is 9.96. The van der Waals surface area contributed by atoms with Gasteiger partial charge in [0, 0.05) is 31.9 Å². The van der Waals surface area contributed by atoms with Gasteiger partial charge in [-0.25, -0.2) is 8.42 Å². The van der Waals surface area contributed by atoms with Gasteiger partial charge in [-0.15, -0.1) is 0 Å². The normalized spacial score (nSPS) is 14.0. The maximum absolute atomic E-state index is 12.9. The van der Waals surface area contributed by atoms with Crippen LogP contribution in [0.3, 0.4) is 0 Å². The Balaban J connectivity index is 1.14. The second kappa shape index (κ2) is 13.5. The molecule has 0 aliphatic carbocycles. The van der Waals surface area contributed by atoms with Crippen molar-refractivity contribution in [2.24, 2.45) is 0 Å². The molecule has 0 radical (unpaired) electrons. The van der Waals surface area contributed by atoms with Crippen molar-refractivity contribution in [1.29, 1.82) is 0 Å². The molecule has 0 bridgehead atoms. The zero-order valence-corrected chi connectivity index (χ0v) is 24.4. The van der Waals surface area contributed by atoms with Crippen molar-refractivity contribution in [2.45, 2.75) is 17.9 Å². The van der Waals surface area contributed by atoms with Crippen LogP contribution in [0.4, 0.5) is 5.69 Å². The third kappa shape index (κ3) is 7.29. The number of ether oxygens (including phenoxy) is 2. The van der Waals surface area contributed by atoms with Crippen LogP contribution in [0.15, 0.2) is 114 Å². The van der Waals surface area contributed by atoms with Crippen LogP contribution in [0.5, 0.6) is 11.5 Å². The molecular formula is C33H35N3O5S. The van der Waals surface area contributed by atoms with Gasteiger partial charge in [0.1, 0.15) is 11.5 Å². The molecule has 0 unspecified atom stereocenters. The maximum Gasteiger partial charge on any atom is 0.261 e. The van der Waals surface area contributed by atoms with Crippen LogP contribution in [-0.4, -0.2) is 63.5 Å². The number of hydrogen-bond acceptors (Lipinski definition) is 6. The zero-order chi connectivity index (χ0) is 29.4. The predicted molar refractivity (Wildman–Crippen MR) is 163 cm³/mol. The second-order valence-corrected chi connectivity index (χ2v) is 11.6. The van der Waals surface area contributed by atoms with Crippen LogP contribution in [0, 0.1) is 0 Å². The molecule has 1 aliphatic rings. The fourth-order valence-electron chi connectivity index (χ4n) is 5.07. The van der Waals surface area contributed by atoms with E-state index in [9.17, 15) is 13.2 Å². The molecule has 8 nitrogen and oxygen atoms in total.